The van der Waals surface area contributed by atoms with Gasteiger partial charge in [0.25, 0.3) is 0 Å². The van der Waals surface area contributed by atoms with Gasteiger partial charge in [-0.1, -0.05) is 18.2 Å². The summed E-state index contributed by atoms with van der Waals surface area (Å²) in [7, 11) is 1.39. The number of esters is 1. The van der Waals surface area contributed by atoms with Crippen LogP contribution in [0.3, 0.4) is 0 Å². The van der Waals surface area contributed by atoms with Gasteiger partial charge in [0.2, 0.25) is 0 Å². The fourth-order valence-electron chi connectivity index (χ4n) is 2.20. The van der Waals surface area contributed by atoms with E-state index in [0.29, 0.717) is 18.1 Å². The summed E-state index contributed by atoms with van der Waals surface area (Å²) in [5.41, 5.74) is 1.46. The zero-order valence-electron chi connectivity index (χ0n) is 11.3. The highest BCUT2D eigenvalue weighted by molar-refractivity contribution is 5.90. The van der Waals surface area contributed by atoms with Gasteiger partial charge in [-0.15, -0.1) is 0 Å². The number of rotatable bonds is 5. The quantitative estimate of drug-likeness (QED) is 0.766. The molecule has 0 spiro atoms. The molecule has 0 saturated carbocycles. The second kappa shape index (κ2) is 7.26. The third kappa shape index (κ3) is 4.04. The van der Waals surface area contributed by atoms with Gasteiger partial charge in [0.05, 0.1) is 25.9 Å². The van der Waals surface area contributed by atoms with E-state index in [1.807, 2.05) is 18.2 Å². The van der Waals surface area contributed by atoms with Crippen LogP contribution in [0.1, 0.15) is 28.8 Å². The topological polar surface area (TPSA) is 44.8 Å². The summed E-state index contributed by atoms with van der Waals surface area (Å²) >= 11 is 0. The fraction of sp³-hybridized carbons (Fsp3) is 0.533. The molecule has 1 aliphatic heterocycles. The number of hydrogen-bond donors (Lipinski definition) is 0. The second-order valence-electron chi connectivity index (χ2n) is 4.72. The van der Waals surface area contributed by atoms with E-state index in [-0.39, 0.29) is 5.97 Å². The molecule has 1 aromatic carbocycles. The van der Waals surface area contributed by atoms with Crippen LogP contribution in [0.4, 0.5) is 0 Å². The molecule has 104 valence electrons. The first-order chi connectivity index (χ1) is 9.31. The van der Waals surface area contributed by atoms with E-state index in [1.54, 1.807) is 6.07 Å². The Bertz CT molecular complexity index is 410. The van der Waals surface area contributed by atoms with Crippen LogP contribution in [0.5, 0.6) is 0 Å². The minimum atomic E-state index is -0.315. The Labute approximate surface area is 113 Å². The molecule has 2 rings (SSSR count). The molecule has 4 nitrogen and oxygen atoms in total. The number of carbonyl (C=O) groups is 1. The Morgan fingerprint density at radius 1 is 1.32 bits per heavy atom. The van der Waals surface area contributed by atoms with Crippen molar-refractivity contribution in [2.24, 2.45) is 5.92 Å². The first-order valence-corrected chi connectivity index (χ1v) is 6.63. The molecule has 1 heterocycles. The van der Waals surface area contributed by atoms with Crippen molar-refractivity contribution in [1.82, 2.24) is 0 Å². The van der Waals surface area contributed by atoms with Crippen LogP contribution in [-0.2, 0) is 20.8 Å². The van der Waals surface area contributed by atoms with Crippen LogP contribution in [-0.4, -0.2) is 32.9 Å². The summed E-state index contributed by atoms with van der Waals surface area (Å²) in [5.74, 6) is 0.254. The Morgan fingerprint density at radius 3 is 2.79 bits per heavy atom. The fourth-order valence-corrected chi connectivity index (χ4v) is 2.20. The average Bonchev–Trinajstić information content (AvgIpc) is 2.48. The van der Waals surface area contributed by atoms with Gasteiger partial charge in [-0.05, 0) is 30.4 Å². The van der Waals surface area contributed by atoms with Crippen molar-refractivity contribution < 1.29 is 19.0 Å². The van der Waals surface area contributed by atoms with E-state index in [1.165, 1.54) is 7.11 Å². The van der Waals surface area contributed by atoms with Crippen molar-refractivity contribution in [3.63, 3.8) is 0 Å². The van der Waals surface area contributed by atoms with Crippen LogP contribution in [0, 0.1) is 5.92 Å². The van der Waals surface area contributed by atoms with Crippen molar-refractivity contribution in [1.29, 1.82) is 0 Å². The monoisotopic (exact) mass is 264 g/mol. The summed E-state index contributed by atoms with van der Waals surface area (Å²) in [5, 5.41) is 0. The maximum absolute atomic E-state index is 11.6. The van der Waals surface area contributed by atoms with Crippen molar-refractivity contribution >= 4 is 5.97 Å². The van der Waals surface area contributed by atoms with E-state index >= 15 is 0 Å². The summed E-state index contributed by atoms with van der Waals surface area (Å²) in [6.07, 6.45) is 2.11. The Kier molecular flexibility index (Phi) is 5.36. The SMILES string of the molecule is COC(=O)c1ccccc1COCC1CCOCC1. The lowest BCUT2D eigenvalue weighted by Crippen LogP contribution is -2.20. The molecular formula is C15H20O4. The van der Waals surface area contributed by atoms with Crippen LogP contribution >= 0.6 is 0 Å². The summed E-state index contributed by atoms with van der Waals surface area (Å²) < 4.78 is 15.8. The standard InChI is InChI=1S/C15H20O4/c1-17-15(16)14-5-3-2-4-13(14)11-19-10-12-6-8-18-9-7-12/h2-5,12H,6-11H2,1H3. The lowest BCUT2D eigenvalue weighted by molar-refractivity contribution is 0.0154. The molecule has 0 bridgehead atoms. The molecule has 0 N–H and O–H groups in total. The molecule has 0 amide bonds. The maximum Gasteiger partial charge on any atom is 0.338 e. The molecule has 1 saturated heterocycles. The lowest BCUT2D eigenvalue weighted by Gasteiger charge is -2.21. The third-order valence-corrected chi connectivity index (χ3v) is 3.37. The van der Waals surface area contributed by atoms with Gasteiger partial charge in [0.15, 0.2) is 0 Å². The molecule has 1 aliphatic rings. The van der Waals surface area contributed by atoms with Gasteiger partial charge < -0.3 is 14.2 Å². The highest BCUT2D eigenvalue weighted by atomic mass is 16.5. The normalized spacial score (nSPS) is 16.3. The second-order valence-corrected chi connectivity index (χ2v) is 4.72. The zero-order chi connectivity index (χ0) is 13.5. The van der Waals surface area contributed by atoms with Gasteiger partial charge in [0, 0.05) is 13.2 Å². The Morgan fingerprint density at radius 2 is 2.05 bits per heavy atom. The largest absolute Gasteiger partial charge is 0.465 e. The summed E-state index contributed by atoms with van der Waals surface area (Å²) in [6, 6.07) is 7.39. The van der Waals surface area contributed by atoms with E-state index in [4.69, 9.17) is 14.2 Å². The molecule has 0 radical (unpaired) electrons. The van der Waals surface area contributed by atoms with Crippen molar-refractivity contribution in [3.8, 4) is 0 Å². The molecular weight excluding hydrogens is 244 g/mol. The molecule has 1 aromatic rings. The predicted molar refractivity (Wildman–Crippen MR) is 71.0 cm³/mol. The van der Waals surface area contributed by atoms with Gasteiger partial charge in [-0.3, -0.25) is 0 Å². The highest BCUT2D eigenvalue weighted by Crippen LogP contribution is 2.17. The van der Waals surface area contributed by atoms with Crippen molar-refractivity contribution in [2.45, 2.75) is 19.4 Å². The smallest absolute Gasteiger partial charge is 0.338 e. The zero-order valence-corrected chi connectivity index (χ0v) is 11.3. The molecule has 0 aliphatic carbocycles. The van der Waals surface area contributed by atoms with Gasteiger partial charge in [-0.2, -0.15) is 0 Å². The van der Waals surface area contributed by atoms with Crippen LogP contribution in [0.15, 0.2) is 24.3 Å². The van der Waals surface area contributed by atoms with E-state index in [2.05, 4.69) is 0 Å². The minimum Gasteiger partial charge on any atom is -0.465 e. The minimum absolute atomic E-state index is 0.315. The van der Waals surface area contributed by atoms with Crippen LogP contribution < -0.4 is 0 Å². The van der Waals surface area contributed by atoms with Gasteiger partial charge in [-0.25, -0.2) is 4.79 Å². The van der Waals surface area contributed by atoms with Crippen LogP contribution in [0.25, 0.3) is 0 Å². The number of ether oxygens (including phenoxy) is 3. The number of benzene rings is 1. The summed E-state index contributed by atoms with van der Waals surface area (Å²) in [6.45, 7) is 2.82. The molecule has 0 aromatic heterocycles. The molecule has 0 atom stereocenters. The molecule has 4 heteroatoms. The molecule has 19 heavy (non-hydrogen) atoms. The average molecular weight is 264 g/mol. The van der Waals surface area contributed by atoms with Crippen LogP contribution in [0.2, 0.25) is 0 Å². The lowest BCUT2D eigenvalue weighted by atomic mass is 10.0. The van der Waals surface area contributed by atoms with Crippen molar-refractivity contribution in [2.75, 3.05) is 26.9 Å². The Balaban J connectivity index is 1.86. The summed E-state index contributed by atoms with van der Waals surface area (Å²) in [4.78, 5) is 11.6. The first kappa shape index (κ1) is 14.0. The number of methoxy groups -OCH3 is 1. The molecule has 0 unspecified atom stereocenters. The Hall–Kier alpha value is -1.39. The van der Waals surface area contributed by atoms with Crippen molar-refractivity contribution in [3.05, 3.63) is 35.4 Å². The number of hydrogen-bond acceptors (Lipinski definition) is 4. The first-order valence-electron chi connectivity index (χ1n) is 6.63. The van der Waals surface area contributed by atoms with E-state index in [9.17, 15) is 4.79 Å². The highest BCUT2D eigenvalue weighted by Gasteiger charge is 2.15. The maximum atomic E-state index is 11.6. The predicted octanol–water partition coefficient (Wildman–Crippen LogP) is 2.42. The van der Waals surface area contributed by atoms with Gasteiger partial charge >= 0.3 is 5.97 Å². The third-order valence-electron chi connectivity index (χ3n) is 3.37. The number of carbonyl (C=O) groups excluding carboxylic acids is 1. The van der Waals surface area contributed by atoms with Gasteiger partial charge in [0.1, 0.15) is 0 Å². The molecule has 1 fully saturated rings. The van der Waals surface area contributed by atoms with E-state index < -0.39 is 0 Å². The van der Waals surface area contributed by atoms with E-state index in [0.717, 1.165) is 38.2 Å².